The predicted octanol–water partition coefficient (Wildman–Crippen LogP) is 2.90. The van der Waals surface area contributed by atoms with Crippen molar-refractivity contribution in [1.29, 1.82) is 0 Å². The quantitative estimate of drug-likeness (QED) is 0.508. The van der Waals surface area contributed by atoms with Crippen LogP contribution in [0.3, 0.4) is 0 Å². The van der Waals surface area contributed by atoms with Crippen molar-refractivity contribution in [2.45, 2.75) is 25.2 Å². The van der Waals surface area contributed by atoms with Crippen LogP contribution in [0.2, 0.25) is 0 Å². The van der Waals surface area contributed by atoms with E-state index in [-0.39, 0.29) is 11.3 Å². The summed E-state index contributed by atoms with van der Waals surface area (Å²) in [6, 6.07) is 5.37. The van der Waals surface area contributed by atoms with Gasteiger partial charge in [0.25, 0.3) is 5.91 Å². The number of ether oxygens (including phenoxy) is 1. The highest BCUT2D eigenvalue weighted by Gasteiger charge is 2.41. The van der Waals surface area contributed by atoms with Crippen molar-refractivity contribution in [3.05, 3.63) is 48.5 Å². The number of rotatable bonds is 2. The second-order valence-corrected chi connectivity index (χ2v) is 8.69. The SMILES string of the molecule is O=C(O)C(F)(F)F.O=C(O)C(F)(F)F.O=C(c1ccncc1)N1CCCC2(COCCN(c3ncccn3)C2)C1. The smallest absolute Gasteiger partial charge is 0.475 e. The summed E-state index contributed by atoms with van der Waals surface area (Å²) in [7, 11) is 0. The third-order valence-corrected chi connectivity index (χ3v) is 5.64. The number of carboxylic acid groups (broad SMARTS) is 2. The molecule has 1 atom stereocenters. The summed E-state index contributed by atoms with van der Waals surface area (Å²) >= 11 is 0. The number of likely N-dealkylation sites (tertiary alicyclic amines) is 1. The molecule has 0 aromatic carbocycles. The highest BCUT2D eigenvalue weighted by atomic mass is 19.4. The Morgan fingerprint density at radius 2 is 1.43 bits per heavy atom. The van der Waals surface area contributed by atoms with E-state index in [2.05, 4.69) is 19.9 Å². The van der Waals surface area contributed by atoms with Crippen molar-refractivity contribution in [3.63, 3.8) is 0 Å². The first-order chi connectivity index (χ1) is 18.6. The van der Waals surface area contributed by atoms with Crippen molar-refractivity contribution in [2.75, 3.05) is 44.3 Å². The van der Waals surface area contributed by atoms with Gasteiger partial charge in [0.05, 0.1) is 13.2 Å². The van der Waals surface area contributed by atoms with E-state index < -0.39 is 24.3 Å². The minimum Gasteiger partial charge on any atom is -0.475 e. The van der Waals surface area contributed by atoms with Crippen molar-refractivity contribution in [1.82, 2.24) is 19.9 Å². The summed E-state index contributed by atoms with van der Waals surface area (Å²) in [5, 5.41) is 14.2. The number of piperidine rings is 1. The summed E-state index contributed by atoms with van der Waals surface area (Å²) in [5.74, 6) is -4.71. The van der Waals surface area contributed by atoms with Gasteiger partial charge in [-0.2, -0.15) is 26.3 Å². The predicted molar refractivity (Wildman–Crippen MR) is 124 cm³/mol. The molecule has 2 aromatic rings. The maximum atomic E-state index is 12.9. The minimum absolute atomic E-state index is 0.0678. The van der Waals surface area contributed by atoms with Crippen LogP contribution in [0, 0.1) is 5.41 Å². The molecule has 0 bridgehead atoms. The van der Waals surface area contributed by atoms with Gasteiger partial charge in [-0.05, 0) is 31.0 Å². The molecule has 0 aliphatic carbocycles. The molecule has 4 rings (SSSR count). The number of halogens is 6. The maximum Gasteiger partial charge on any atom is 0.490 e. The molecule has 0 radical (unpaired) electrons. The number of carbonyl (C=O) groups is 3. The van der Waals surface area contributed by atoms with Crippen LogP contribution in [0.25, 0.3) is 0 Å². The van der Waals surface area contributed by atoms with Crippen LogP contribution in [0.15, 0.2) is 43.0 Å². The lowest BCUT2D eigenvalue weighted by molar-refractivity contribution is -0.193. The molecule has 1 unspecified atom stereocenters. The number of aromatic nitrogens is 3. The van der Waals surface area contributed by atoms with Crippen LogP contribution in [-0.2, 0) is 14.3 Å². The number of carboxylic acids is 2. The number of hydrogen-bond acceptors (Lipinski definition) is 8. The fraction of sp³-hybridized carbons (Fsp3) is 0.478. The number of carbonyl (C=O) groups excluding carboxylic acids is 1. The van der Waals surface area contributed by atoms with E-state index in [1.807, 2.05) is 11.0 Å². The van der Waals surface area contributed by atoms with E-state index in [4.69, 9.17) is 24.5 Å². The third kappa shape index (κ3) is 9.94. The minimum atomic E-state index is -5.08. The van der Waals surface area contributed by atoms with Crippen LogP contribution in [0.1, 0.15) is 23.2 Å². The summed E-state index contributed by atoms with van der Waals surface area (Å²) in [5.41, 5.74) is 0.603. The van der Waals surface area contributed by atoms with Crippen molar-refractivity contribution in [3.8, 4) is 0 Å². The number of alkyl halides is 6. The van der Waals surface area contributed by atoms with Crippen molar-refractivity contribution in [2.24, 2.45) is 5.41 Å². The Morgan fingerprint density at radius 1 is 0.875 bits per heavy atom. The van der Waals surface area contributed by atoms with Gasteiger partial charge >= 0.3 is 24.3 Å². The average Bonchev–Trinajstić information content (AvgIpc) is 3.11. The number of aliphatic carboxylic acids is 2. The molecule has 40 heavy (non-hydrogen) atoms. The molecule has 1 amide bonds. The van der Waals surface area contributed by atoms with Gasteiger partial charge < -0.3 is 24.7 Å². The van der Waals surface area contributed by atoms with Gasteiger partial charge in [-0.25, -0.2) is 19.6 Å². The lowest BCUT2D eigenvalue weighted by Gasteiger charge is -2.43. The second kappa shape index (κ2) is 13.9. The first-order valence-electron chi connectivity index (χ1n) is 11.5. The van der Waals surface area contributed by atoms with Crippen LogP contribution >= 0.6 is 0 Å². The van der Waals surface area contributed by atoms with Crippen LogP contribution < -0.4 is 4.90 Å². The number of nitrogens with zero attached hydrogens (tertiary/aromatic N) is 5. The van der Waals surface area contributed by atoms with Crippen LogP contribution in [-0.4, -0.2) is 99.7 Å². The monoisotopic (exact) mass is 581 g/mol. The number of pyridine rings is 1. The van der Waals surface area contributed by atoms with E-state index in [0.717, 1.165) is 38.4 Å². The largest absolute Gasteiger partial charge is 0.490 e. The highest BCUT2D eigenvalue weighted by Crippen LogP contribution is 2.34. The zero-order valence-electron chi connectivity index (χ0n) is 20.7. The van der Waals surface area contributed by atoms with Gasteiger partial charge in [-0.3, -0.25) is 9.78 Å². The van der Waals surface area contributed by atoms with Crippen molar-refractivity contribution < 1.29 is 55.7 Å². The Morgan fingerprint density at radius 3 is 1.95 bits per heavy atom. The Bertz CT molecular complexity index is 1100. The molecular formula is C23H25F6N5O6. The number of amides is 1. The van der Waals surface area contributed by atoms with Gasteiger partial charge in [-0.1, -0.05) is 0 Å². The van der Waals surface area contributed by atoms with Gasteiger partial charge in [-0.15, -0.1) is 0 Å². The molecule has 11 nitrogen and oxygen atoms in total. The van der Waals surface area contributed by atoms with E-state index in [9.17, 15) is 31.1 Å². The summed E-state index contributed by atoms with van der Waals surface area (Å²) in [4.78, 5) is 47.6. The molecule has 17 heteroatoms. The van der Waals surface area contributed by atoms with Crippen LogP contribution in [0.4, 0.5) is 32.3 Å². The van der Waals surface area contributed by atoms with E-state index in [0.29, 0.717) is 25.3 Å². The maximum absolute atomic E-state index is 12.9. The fourth-order valence-electron chi connectivity index (χ4n) is 3.92. The molecule has 2 saturated heterocycles. The summed E-state index contributed by atoms with van der Waals surface area (Å²) < 4.78 is 69.4. The molecule has 2 aliphatic rings. The van der Waals surface area contributed by atoms with E-state index >= 15 is 0 Å². The Balaban J connectivity index is 0.000000333. The van der Waals surface area contributed by atoms with Gasteiger partial charge in [0.1, 0.15) is 0 Å². The first-order valence-corrected chi connectivity index (χ1v) is 11.5. The van der Waals surface area contributed by atoms with Gasteiger partial charge in [0, 0.05) is 61.9 Å². The summed E-state index contributed by atoms with van der Waals surface area (Å²) in [6.07, 6.45) is -1.30. The zero-order chi connectivity index (χ0) is 30.0. The molecule has 2 N–H and O–H groups in total. The molecule has 220 valence electrons. The summed E-state index contributed by atoms with van der Waals surface area (Å²) in [6.45, 7) is 4.36. The fourth-order valence-corrected chi connectivity index (χ4v) is 3.92. The molecule has 2 aromatic heterocycles. The third-order valence-electron chi connectivity index (χ3n) is 5.64. The number of anilines is 1. The van der Waals surface area contributed by atoms with Gasteiger partial charge in [0.2, 0.25) is 5.95 Å². The lowest BCUT2D eigenvalue weighted by Crippen LogP contribution is -2.52. The Kier molecular flexibility index (Phi) is 11.2. The van der Waals surface area contributed by atoms with E-state index in [1.165, 1.54) is 0 Å². The lowest BCUT2D eigenvalue weighted by atomic mass is 9.80. The molecule has 1 spiro atoms. The topological polar surface area (TPSA) is 146 Å². The standard InChI is InChI=1S/C19H23N5O2.2C2HF3O2/c25-17(16-3-8-20-9-4-16)23-10-1-5-19(13-23)14-24(11-12-26-15-19)18-21-6-2-7-22-18;2*3-2(4,5)1(6)7/h2-4,6-9H,1,5,10-15H2;2*(H,6,7). The van der Waals surface area contributed by atoms with Crippen LogP contribution in [0.5, 0.6) is 0 Å². The van der Waals surface area contributed by atoms with Crippen molar-refractivity contribution >= 4 is 23.8 Å². The van der Waals surface area contributed by atoms with Gasteiger partial charge in [0.15, 0.2) is 0 Å². The Labute approximate surface area is 223 Å². The molecular weight excluding hydrogens is 556 g/mol. The van der Waals surface area contributed by atoms with E-state index in [1.54, 1.807) is 36.9 Å². The molecule has 4 heterocycles. The zero-order valence-corrected chi connectivity index (χ0v) is 20.7. The molecule has 0 saturated carbocycles. The normalized spacial score (nSPS) is 19.4. The molecule has 2 fully saturated rings. The second-order valence-electron chi connectivity index (χ2n) is 8.69. The first kappa shape index (κ1) is 32.2. The Hall–Kier alpha value is -4.02. The molecule has 2 aliphatic heterocycles. The average molecular weight is 581 g/mol. The number of hydrogen-bond donors (Lipinski definition) is 2. The highest BCUT2D eigenvalue weighted by molar-refractivity contribution is 5.94.